The normalized spacial score (nSPS) is 22.4. The SMILES string of the molecule is O=C(N(C1CCCCC1)C1CCCCC1)[C@@](F)(OC(F)(F)[C@](F)(OC(F)(F)C(F)(F)C(F)(F)F)C(F)(F)F)C(F)(F)F. The van der Waals surface area contributed by atoms with Gasteiger partial charge in [-0.15, -0.1) is 0 Å². The van der Waals surface area contributed by atoms with Crippen molar-refractivity contribution in [3.8, 4) is 0 Å². The van der Waals surface area contributed by atoms with E-state index in [0.29, 0.717) is 12.8 Å². The van der Waals surface area contributed by atoms with Crippen LogP contribution < -0.4 is 0 Å². The van der Waals surface area contributed by atoms with E-state index >= 15 is 4.39 Å². The molecule has 2 rings (SSSR count). The molecule has 0 bridgehead atoms. The van der Waals surface area contributed by atoms with E-state index in [0.717, 1.165) is 0 Å². The van der Waals surface area contributed by atoms with Gasteiger partial charge in [0.25, 0.3) is 5.91 Å². The third-order valence-electron chi connectivity index (χ3n) is 6.81. The van der Waals surface area contributed by atoms with E-state index in [2.05, 4.69) is 4.74 Å². The lowest BCUT2D eigenvalue weighted by Gasteiger charge is -2.45. The second kappa shape index (κ2) is 11.6. The van der Waals surface area contributed by atoms with E-state index in [1.807, 2.05) is 0 Å². The molecule has 2 aliphatic rings. The maximum Gasteiger partial charge on any atom is 0.462 e. The summed E-state index contributed by atoms with van der Waals surface area (Å²) < 4.78 is 234. The Bertz CT molecular complexity index is 920. The Morgan fingerprint density at radius 2 is 0.881 bits per heavy atom. The summed E-state index contributed by atoms with van der Waals surface area (Å²) in [5, 5.41) is 0. The summed E-state index contributed by atoms with van der Waals surface area (Å²) in [7, 11) is 0. The molecular weight excluding hydrogens is 637 g/mol. The van der Waals surface area contributed by atoms with Gasteiger partial charge < -0.3 is 4.90 Å². The summed E-state index contributed by atoms with van der Waals surface area (Å²) in [5.41, 5.74) is 0. The molecule has 0 saturated heterocycles. The molecule has 2 atom stereocenters. The summed E-state index contributed by atoms with van der Waals surface area (Å²) in [6.45, 7) is 0. The number of amides is 1. The van der Waals surface area contributed by atoms with E-state index in [1.54, 1.807) is 4.74 Å². The average Bonchev–Trinajstić information content (AvgIpc) is 2.82. The minimum absolute atomic E-state index is 0.0999. The largest absolute Gasteiger partial charge is 0.462 e. The Hall–Kier alpha value is -1.80. The number of carbonyl (C=O) groups excluding carboxylic acids is 1. The van der Waals surface area contributed by atoms with Crippen LogP contribution >= 0.6 is 0 Å². The molecule has 0 N–H and O–H groups in total. The Labute approximate surface area is 225 Å². The summed E-state index contributed by atoms with van der Waals surface area (Å²) in [5.74, 6) is -25.7. The fourth-order valence-corrected chi connectivity index (χ4v) is 4.67. The summed E-state index contributed by atoms with van der Waals surface area (Å²) in [4.78, 5) is 13.1. The molecule has 2 saturated carbocycles. The van der Waals surface area contributed by atoms with Gasteiger partial charge in [-0.25, -0.2) is 0 Å². The number of carbonyl (C=O) groups is 1. The number of hydrogen-bond acceptors (Lipinski definition) is 3. The lowest BCUT2D eigenvalue weighted by molar-refractivity contribution is -0.548. The molecule has 21 heteroatoms. The van der Waals surface area contributed by atoms with Crippen molar-refractivity contribution in [2.45, 2.75) is 125 Å². The highest BCUT2D eigenvalue weighted by atomic mass is 19.4. The van der Waals surface area contributed by atoms with E-state index < -0.39 is 66.4 Å². The first kappa shape index (κ1) is 36.4. The molecule has 0 unspecified atom stereocenters. The Morgan fingerprint density at radius 3 is 1.19 bits per heavy atom. The highest BCUT2D eigenvalue weighted by Crippen LogP contribution is 2.57. The molecule has 2 fully saturated rings. The number of halogens is 17. The molecule has 0 heterocycles. The average molecular weight is 659 g/mol. The Kier molecular flexibility index (Phi) is 10.1. The molecule has 42 heavy (non-hydrogen) atoms. The fraction of sp³-hybridized carbons (Fsp3) is 0.952. The molecular formula is C21H22F17NO3. The van der Waals surface area contributed by atoms with Gasteiger partial charge in [0.2, 0.25) is 0 Å². The smallest absolute Gasteiger partial charge is 0.331 e. The number of alkyl halides is 17. The van der Waals surface area contributed by atoms with Crippen molar-refractivity contribution < 1.29 is 88.9 Å². The standard InChI is InChI=1S/C21H22F17NO3/c22-14(17(26,27)28,13(40)39(11-7-3-1-4-8-11)12-9-5-2-6-10-12)41-21(37,38)16(25,19(32,33)34)42-20(35,36)15(23,24)18(29,30)31/h11-12H,1-10H2/t14-,16-/m1/s1. The van der Waals surface area contributed by atoms with Crippen LogP contribution in [0, 0.1) is 0 Å². The maximum absolute atomic E-state index is 15.4. The molecule has 4 nitrogen and oxygen atoms in total. The van der Waals surface area contributed by atoms with Crippen molar-refractivity contribution in [3.05, 3.63) is 0 Å². The van der Waals surface area contributed by atoms with Gasteiger partial charge in [0.1, 0.15) is 0 Å². The monoisotopic (exact) mass is 659 g/mol. The molecule has 0 aromatic rings. The van der Waals surface area contributed by atoms with Crippen molar-refractivity contribution >= 4 is 5.91 Å². The van der Waals surface area contributed by atoms with Gasteiger partial charge in [-0.3, -0.25) is 14.3 Å². The zero-order chi connectivity index (χ0) is 32.8. The van der Waals surface area contributed by atoms with Gasteiger partial charge in [-0.2, -0.15) is 74.6 Å². The number of nitrogens with zero attached hydrogens (tertiary/aromatic N) is 1. The van der Waals surface area contributed by atoms with Gasteiger partial charge in [-0.1, -0.05) is 38.5 Å². The van der Waals surface area contributed by atoms with Gasteiger partial charge in [0.15, 0.2) is 0 Å². The molecule has 0 radical (unpaired) electrons. The summed E-state index contributed by atoms with van der Waals surface area (Å²) in [6, 6.07) is -2.65. The predicted molar refractivity (Wildman–Crippen MR) is 103 cm³/mol. The summed E-state index contributed by atoms with van der Waals surface area (Å²) >= 11 is 0. The zero-order valence-electron chi connectivity index (χ0n) is 20.8. The third-order valence-corrected chi connectivity index (χ3v) is 6.81. The number of hydrogen-bond donors (Lipinski definition) is 0. The third kappa shape index (κ3) is 6.64. The molecule has 1 amide bonds. The second-order valence-electron chi connectivity index (χ2n) is 9.79. The maximum atomic E-state index is 15.4. The van der Waals surface area contributed by atoms with Crippen LogP contribution in [0.3, 0.4) is 0 Å². The molecule has 2 aliphatic carbocycles. The van der Waals surface area contributed by atoms with Crippen LogP contribution in [0.15, 0.2) is 0 Å². The van der Waals surface area contributed by atoms with Crippen molar-refractivity contribution in [1.29, 1.82) is 0 Å². The lowest BCUT2D eigenvalue weighted by atomic mass is 9.88. The number of rotatable bonds is 9. The topological polar surface area (TPSA) is 38.8 Å². The highest BCUT2D eigenvalue weighted by molar-refractivity contribution is 5.85. The zero-order valence-corrected chi connectivity index (χ0v) is 20.8. The molecule has 248 valence electrons. The number of ether oxygens (including phenoxy) is 2. The quantitative estimate of drug-likeness (QED) is 0.234. The molecule has 0 aliphatic heterocycles. The highest BCUT2D eigenvalue weighted by Gasteiger charge is 2.85. The van der Waals surface area contributed by atoms with Crippen molar-refractivity contribution in [3.63, 3.8) is 0 Å². The predicted octanol–water partition coefficient (Wildman–Crippen LogP) is 8.35. The van der Waals surface area contributed by atoms with Gasteiger partial charge in [-0.05, 0) is 25.7 Å². The van der Waals surface area contributed by atoms with Crippen molar-refractivity contribution in [2.75, 3.05) is 0 Å². The molecule has 0 aromatic carbocycles. The van der Waals surface area contributed by atoms with Crippen LogP contribution in [0.5, 0.6) is 0 Å². The molecule has 0 spiro atoms. The second-order valence-corrected chi connectivity index (χ2v) is 9.79. The van der Waals surface area contributed by atoms with E-state index in [4.69, 9.17) is 0 Å². The van der Waals surface area contributed by atoms with E-state index in [9.17, 15) is 75.0 Å². The van der Waals surface area contributed by atoms with Crippen molar-refractivity contribution in [1.82, 2.24) is 4.90 Å². The van der Waals surface area contributed by atoms with Crippen molar-refractivity contribution in [2.24, 2.45) is 0 Å². The van der Waals surface area contributed by atoms with E-state index in [-0.39, 0.29) is 56.3 Å². The Balaban J connectivity index is 2.64. The fourth-order valence-electron chi connectivity index (χ4n) is 4.67. The lowest BCUT2D eigenvalue weighted by Crippen LogP contribution is -2.69. The van der Waals surface area contributed by atoms with E-state index in [1.165, 1.54) is 0 Å². The first-order chi connectivity index (χ1) is 18.7. The summed E-state index contributed by atoms with van der Waals surface area (Å²) in [6.07, 6.45) is -37.2. The van der Waals surface area contributed by atoms with Gasteiger partial charge in [0, 0.05) is 12.1 Å². The molecule has 0 aromatic heterocycles. The Morgan fingerprint density at radius 1 is 0.500 bits per heavy atom. The first-order valence-electron chi connectivity index (χ1n) is 12.1. The van der Waals surface area contributed by atoms with Crippen LogP contribution in [0.1, 0.15) is 64.2 Å². The first-order valence-corrected chi connectivity index (χ1v) is 12.1. The van der Waals surface area contributed by atoms with Crippen LogP contribution in [0.25, 0.3) is 0 Å². The van der Waals surface area contributed by atoms with Crippen LogP contribution in [0.4, 0.5) is 74.6 Å². The van der Waals surface area contributed by atoms with Crippen LogP contribution in [-0.4, -0.2) is 71.3 Å². The van der Waals surface area contributed by atoms with Crippen LogP contribution in [-0.2, 0) is 14.3 Å². The van der Waals surface area contributed by atoms with Gasteiger partial charge >= 0.3 is 48.4 Å². The minimum Gasteiger partial charge on any atom is -0.331 e. The van der Waals surface area contributed by atoms with Crippen LogP contribution in [0.2, 0.25) is 0 Å². The van der Waals surface area contributed by atoms with Gasteiger partial charge in [0.05, 0.1) is 0 Å². The minimum atomic E-state index is -8.01.